The van der Waals surface area contributed by atoms with Crippen LogP contribution in [0, 0.1) is 11.8 Å². The summed E-state index contributed by atoms with van der Waals surface area (Å²) in [5, 5.41) is 11.1. The SMILES string of the molecule is CC(C)OC(=O)Nc1cccc(C#CCCO)n1. The molecule has 1 amide bonds. The highest BCUT2D eigenvalue weighted by atomic mass is 16.6. The van der Waals surface area contributed by atoms with E-state index in [2.05, 4.69) is 22.1 Å². The molecule has 0 bridgehead atoms. The van der Waals surface area contributed by atoms with Gasteiger partial charge in [-0.25, -0.2) is 9.78 Å². The van der Waals surface area contributed by atoms with E-state index in [1.807, 2.05) is 0 Å². The summed E-state index contributed by atoms with van der Waals surface area (Å²) in [6.45, 7) is 3.55. The fraction of sp³-hybridized carbons (Fsp3) is 0.385. The Morgan fingerprint density at radius 2 is 2.33 bits per heavy atom. The fourth-order valence-electron chi connectivity index (χ4n) is 1.13. The van der Waals surface area contributed by atoms with Gasteiger partial charge in [0, 0.05) is 6.42 Å². The summed E-state index contributed by atoms with van der Waals surface area (Å²) in [5.41, 5.74) is 0.533. The zero-order valence-corrected chi connectivity index (χ0v) is 10.4. The van der Waals surface area contributed by atoms with Crippen molar-refractivity contribution >= 4 is 11.9 Å². The number of aliphatic hydroxyl groups is 1. The van der Waals surface area contributed by atoms with Gasteiger partial charge < -0.3 is 9.84 Å². The number of ether oxygens (including phenoxy) is 1. The molecule has 0 aromatic carbocycles. The van der Waals surface area contributed by atoms with Crippen molar-refractivity contribution in [2.24, 2.45) is 0 Å². The van der Waals surface area contributed by atoms with Crippen LogP contribution in [0.3, 0.4) is 0 Å². The minimum atomic E-state index is -0.544. The van der Waals surface area contributed by atoms with Crippen LogP contribution in [-0.4, -0.2) is 28.9 Å². The minimum absolute atomic E-state index is 0.0195. The van der Waals surface area contributed by atoms with Gasteiger partial charge in [-0.3, -0.25) is 5.32 Å². The predicted octanol–water partition coefficient (Wildman–Crippen LogP) is 1.77. The second-order valence-electron chi connectivity index (χ2n) is 3.76. The maximum atomic E-state index is 11.4. The van der Waals surface area contributed by atoms with Crippen LogP contribution < -0.4 is 5.32 Å². The van der Waals surface area contributed by atoms with Crippen molar-refractivity contribution in [2.75, 3.05) is 11.9 Å². The number of carbonyl (C=O) groups is 1. The van der Waals surface area contributed by atoms with Crippen LogP contribution in [0.1, 0.15) is 26.0 Å². The largest absolute Gasteiger partial charge is 0.447 e. The molecule has 0 saturated carbocycles. The number of hydrogen-bond donors (Lipinski definition) is 2. The number of aliphatic hydroxyl groups excluding tert-OH is 1. The minimum Gasteiger partial charge on any atom is -0.447 e. The summed E-state index contributed by atoms with van der Waals surface area (Å²) in [6, 6.07) is 5.11. The first-order valence-corrected chi connectivity index (χ1v) is 5.66. The number of nitrogens with one attached hydrogen (secondary N) is 1. The molecule has 0 atom stereocenters. The predicted molar refractivity (Wildman–Crippen MR) is 68.1 cm³/mol. The molecule has 0 saturated heterocycles. The third-order valence-electron chi connectivity index (χ3n) is 1.78. The van der Waals surface area contributed by atoms with Gasteiger partial charge in [-0.05, 0) is 31.9 Å². The van der Waals surface area contributed by atoms with E-state index in [9.17, 15) is 4.79 Å². The first kappa shape index (κ1) is 14.0. The van der Waals surface area contributed by atoms with Crippen LogP contribution in [0.2, 0.25) is 0 Å². The first-order chi connectivity index (χ1) is 8.61. The number of amides is 1. The van der Waals surface area contributed by atoms with Gasteiger partial charge in [0.25, 0.3) is 0 Å². The molecule has 2 N–H and O–H groups in total. The molecule has 0 fully saturated rings. The Morgan fingerprint density at radius 3 is 3.00 bits per heavy atom. The molecule has 5 heteroatoms. The van der Waals surface area contributed by atoms with Gasteiger partial charge >= 0.3 is 6.09 Å². The Hall–Kier alpha value is -2.06. The Morgan fingerprint density at radius 1 is 1.56 bits per heavy atom. The molecule has 0 aliphatic heterocycles. The average molecular weight is 248 g/mol. The smallest absolute Gasteiger partial charge is 0.413 e. The molecule has 1 rings (SSSR count). The molecule has 0 aliphatic carbocycles. The highest BCUT2D eigenvalue weighted by Crippen LogP contribution is 2.05. The Kier molecular flexibility index (Phi) is 5.68. The maximum Gasteiger partial charge on any atom is 0.413 e. The van der Waals surface area contributed by atoms with E-state index >= 15 is 0 Å². The van der Waals surface area contributed by atoms with E-state index in [0.29, 0.717) is 17.9 Å². The second-order valence-corrected chi connectivity index (χ2v) is 3.76. The number of anilines is 1. The summed E-state index contributed by atoms with van der Waals surface area (Å²) in [5.74, 6) is 5.93. The zero-order chi connectivity index (χ0) is 13.4. The van der Waals surface area contributed by atoms with Crippen molar-refractivity contribution in [3.05, 3.63) is 23.9 Å². The van der Waals surface area contributed by atoms with Gasteiger partial charge in [0.1, 0.15) is 11.5 Å². The van der Waals surface area contributed by atoms with E-state index in [4.69, 9.17) is 9.84 Å². The average Bonchev–Trinajstić information content (AvgIpc) is 2.28. The summed E-state index contributed by atoms with van der Waals surface area (Å²) in [7, 11) is 0. The molecule has 1 aromatic rings. The van der Waals surface area contributed by atoms with E-state index in [1.54, 1.807) is 32.0 Å². The van der Waals surface area contributed by atoms with Crippen LogP contribution in [0.4, 0.5) is 10.6 Å². The third-order valence-corrected chi connectivity index (χ3v) is 1.78. The quantitative estimate of drug-likeness (QED) is 0.800. The fourth-order valence-corrected chi connectivity index (χ4v) is 1.13. The normalized spacial score (nSPS) is 9.56. The second kappa shape index (κ2) is 7.30. The van der Waals surface area contributed by atoms with Crippen molar-refractivity contribution < 1.29 is 14.6 Å². The molecule has 1 aromatic heterocycles. The molecular weight excluding hydrogens is 232 g/mol. The van der Waals surface area contributed by atoms with Crippen LogP contribution in [-0.2, 0) is 4.74 Å². The van der Waals surface area contributed by atoms with E-state index in [-0.39, 0.29) is 12.7 Å². The number of aromatic nitrogens is 1. The monoisotopic (exact) mass is 248 g/mol. The summed E-state index contributed by atoms with van der Waals surface area (Å²) < 4.78 is 4.93. The van der Waals surface area contributed by atoms with Crippen molar-refractivity contribution in [1.82, 2.24) is 4.98 Å². The summed E-state index contributed by atoms with van der Waals surface area (Å²) >= 11 is 0. The number of rotatable bonds is 3. The van der Waals surface area contributed by atoms with Crippen molar-refractivity contribution in [3.63, 3.8) is 0 Å². The third kappa shape index (κ3) is 5.32. The highest BCUT2D eigenvalue weighted by Gasteiger charge is 2.06. The van der Waals surface area contributed by atoms with E-state index in [1.165, 1.54) is 0 Å². The number of nitrogens with zero attached hydrogens (tertiary/aromatic N) is 1. The lowest BCUT2D eigenvalue weighted by Gasteiger charge is -2.08. The molecule has 1 heterocycles. The molecule has 18 heavy (non-hydrogen) atoms. The molecule has 0 spiro atoms. The highest BCUT2D eigenvalue weighted by molar-refractivity contribution is 5.83. The van der Waals surface area contributed by atoms with Gasteiger partial charge in [-0.15, -0.1) is 0 Å². The lowest BCUT2D eigenvalue weighted by atomic mass is 10.3. The van der Waals surface area contributed by atoms with Crippen molar-refractivity contribution in [1.29, 1.82) is 0 Å². The number of pyridine rings is 1. The first-order valence-electron chi connectivity index (χ1n) is 5.66. The van der Waals surface area contributed by atoms with Crippen molar-refractivity contribution in [2.45, 2.75) is 26.4 Å². The number of carbonyl (C=O) groups excluding carboxylic acids is 1. The Labute approximate surface area is 106 Å². The van der Waals surface area contributed by atoms with Crippen LogP contribution >= 0.6 is 0 Å². The molecule has 0 unspecified atom stereocenters. The van der Waals surface area contributed by atoms with Crippen LogP contribution in [0.5, 0.6) is 0 Å². The number of hydrogen-bond acceptors (Lipinski definition) is 4. The topological polar surface area (TPSA) is 71.5 Å². The Balaban J connectivity index is 2.65. The standard InChI is InChI=1S/C13H16N2O3/c1-10(2)18-13(17)15-12-8-5-7-11(14-12)6-3-4-9-16/h5,7-8,10,16H,4,9H2,1-2H3,(H,14,15,17). The van der Waals surface area contributed by atoms with Crippen LogP contribution in [0.25, 0.3) is 0 Å². The molecular formula is C13H16N2O3. The molecule has 96 valence electrons. The van der Waals surface area contributed by atoms with Gasteiger partial charge in [0.15, 0.2) is 0 Å². The van der Waals surface area contributed by atoms with Gasteiger partial charge in [0.2, 0.25) is 0 Å². The lowest BCUT2D eigenvalue weighted by molar-refractivity contribution is 0.130. The molecule has 0 aliphatic rings. The van der Waals surface area contributed by atoms with E-state index < -0.39 is 6.09 Å². The maximum absolute atomic E-state index is 11.4. The summed E-state index contributed by atoms with van der Waals surface area (Å²) in [6.07, 6.45) is -0.329. The van der Waals surface area contributed by atoms with Crippen LogP contribution in [0.15, 0.2) is 18.2 Å². The molecule has 5 nitrogen and oxygen atoms in total. The van der Waals surface area contributed by atoms with Gasteiger partial charge in [-0.2, -0.15) is 0 Å². The molecule has 0 radical (unpaired) electrons. The van der Waals surface area contributed by atoms with Gasteiger partial charge in [-0.1, -0.05) is 12.0 Å². The van der Waals surface area contributed by atoms with E-state index in [0.717, 1.165) is 0 Å². The van der Waals surface area contributed by atoms with Crippen molar-refractivity contribution in [3.8, 4) is 11.8 Å². The summed E-state index contributed by atoms with van der Waals surface area (Å²) in [4.78, 5) is 15.5. The zero-order valence-electron chi connectivity index (χ0n) is 10.4. The lowest BCUT2D eigenvalue weighted by Crippen LogP contribution is -2.18. The van der Waals surface area contributed by atoms with Gasteiger partial charge in [0.05, 0.1) is 12.7 Å². The Bertz CT molecular complexity index is 461.